The molecule has 2 aromatic carbocycles. The Labute approximate surface area is 212 Å². The van der Waals surface area contributed by atoms with Crippen LogP contribution in [0.3, 0.4) is 0 Å². The first-order valence-electron chi connectivity index (χ1n) is 12.3. The summed E-state index contributed by atoms with van der Waals surface area (Å²) in [6.07, 6.45) is 1.56. The molecule has 0 bridgehead atoms. The predicted molar refractivity (Wildman–Crippen MR) is 143 cm³/mol. The van der Waals surface area contributed by atoms with Gasteiger partial charge in [-0.05, 0) is 49.7 Å². The van der Waals surface area contributed by atoms with Crippen LogP contribution < -0.4 is 10.3 Å². The van der Waals surface area contributed by atoms with Crippen molar-refractivity contribution >= 4 is 32.5 Å². The summed E-state index contributed by atoms with van der Waals surface area (Å²) in [4.78, 5) is 31.0. The smallest absolute Gasteiger partial charge is 0.259 e. The number of fused-ring (bicyclic) bond motifs is 1. The highest BCUT2D eigenvalue weighted by molar-refractivity contribution is 7.89. The van der Waals surface area contributed by atoms with E-state index in [4.69, 9.17) is 0 Å². The highest BCUT2D eigenvalue weighted by Gasteiger charge is 2.30. The highest BCUT2D eigenvalue weighted by atomic mass is 32.2. The molecule has 8 nitrogen and oxygen atoms in total. The number of amides is 1. The van der Waals surface area contributed by atoms with Gasteiger partial charge in [-0.3, -0.25) is 9.59 Å². The minimum absolute atomic E-state index is 0.0543. The van der Waals surface area contributed by atoms with Crippen molar-refractivity contribution in [3.05, 3.63) is 70.0 Å². The quantitative estimate of drug-likeness (QED) is 0.509. The first-order valence-corrected chi connectivity index (χ1v) is 13.8. The standard InChI is InChI=1S/C27H34N4O4S/c1-6-30(7-2)36(34,35)22-11-12-25-23(16-22)26(32)24(18-28(25)5)27(33)29-13-14-31(20(4)17-29)21-10-8-9-19(3)15-21/h8-12,15-16,18,20H,6-7,13-14,17H2,1-5H3/t20-/m1/s1. The predicted octanol–water partition coefficient (Wildman–Crippen LogP) is 3.23. The molecule has 0 N–H and O–H groups in total. The number of aromatic nitrogens is 1. The monoisotopic (exact) mass is 510 g/mol. The maximum atomic E-state index is 13.5. The molecule has 192 valence electrons. The molecule has 1 fully saturated rings. The summed E-state index contributed by atoms with van der Waals surface area (Å²) in [5.41, 5.74) is 2.49. The Morgan fingerprint density at radius 2 is 1.81 bits per heavy atom. The molecule has 1 aromatic heterocycles. The molecule has 1 amide bonds. The number of piperazine rings is 1. The van der Waals surface area contributed by atoms with Gasteiger partial charge in [-0.1, -0.05) is 26.0 Å². The molecule has 0 saturated carbocycles. The Morgan fingerprint density at radius 1 is 1.08 bits per heavy atom. The van der Waals surface area contributed by atoms with Crippen molar-refractivity contribution in [3.8, 4) is 0 Å². The van der Waals surface area contributed by atoms with Crippen LogP contribution in [0, 0.1) is 6.92 Å². The van der Waals surface area contributed by atoms with E-state index in [0.717, 1.165) is 5.69 Å². The van der Waals surface area contributed by atoms with Crippen LogP contribution in [0.4, 0.5) is 5.69 Å². The normalized spacial score (nSPS) is 16.7. The molecule has 0 radical (unpaired) electrons. The molecule has 1 saturated heterocycles. The van der Waals surface area contributed by atoms with Crippen LogP contribution in [0.5, 0.6) is 0 Å². The fourth-order valence-corrected chi connectivity index (χ4v) is 6.48. The summed E-state index contributed by atoms with van der Waals surface area (Å²) in [6.45, 7) is 10.00. The number of rotatable bonds is 6. The van der Waals surface area contributed by atoms with Crippen molar-refractivity contribution in [1.82, 2.24) is 13.8 Å². The summed E-state index contributed by atoms with van der Waals surface area (Å²) in [6, 6.07) is 12.9. The van der Waals surface area contributed by atoms with Crippen molar-refractivity contribution in [2.24, 2.45) is 7.05 Å². The Balaban J connectivity index is 1.66. The van der Waals surface area contributed by atoms with E-state index in [9.17, 15) is 18.0 Å². The number of sulfonamides is 1. The van der Waals surface area contributed by atoms with Crippen LogP contribution in [0.25, 0.3) is 10.9 Å². The van der Waals surface area contributed by atoms with Gasteiger partial charge in [0.25, 0.3) is 5.91 Å². The van der Waals surface area contributed by atoms with Crippen molar-refractivity contribution in [2.75, 3.05) is 37.6 Å². The third-order valence-corrected chi connectivity index (χ3v) is 9.03. The Bertz CT molecular complexity index is 1460. The minimum Gasteiger partial charge on any atom is -0.365 e. The molecule has 1 aliphatic rings. The Kier molecular flexibility index (Phi) is 7.24. The second kappa shape index (κ2) is 10.1. The van der Waals surface area contributed by atoms with E-state index in [1.54, 1.807) is 42.6 Å². The van der Waals surface area contributed by atoms with Gasteiger partial charge in [0.15, 0.2) is 0 Å². The number of aryl methyl sites for hydroxylation is 2. The molecule has 36 heavy (non-hydrogen) atoms. The fourth-order valence-electron chi connectivity index (χ4n) is 5.00. The first-order chi connectivity index (χ1) is 17.1. The molecule has 3 aromatic rings. The van der Waals surface area contributed by atoms with E-state index in [0.29, 0.717) is 38.2 Å². The number of nitrogens with zero attached hydrogens (tertiary/aromatic N) is 4. The molecule has 9 heteroatoms. The van der Waals surface area contributed by atoms with Gasteiger partial charge >= 0.3 is 0 Å². The summed E-state index contributed by atoms with van der Waals surface area (Å²) in [7, 11) is -1.98. The number of carbonyl (C=O) groups is 1. The minimum atomic E-state index is -3.73. The molecule has 4 rings (SSSR count). The molecular formula is C27H34N4O4S. The molecule has 1 aliphatic heterocycles. The van der Waals surface area contributed by atoms with Gasteiger partial charge in [-0.15, -0.1) is 0 Å². The van der Waals surface area contributed by atoms with Gasteiger partial charge in [0.1, 0.15) is 5.56 Å². The van der Waals surface area contributed by atoms with Crippen LogP contribution in [0.1, 0.15) is 36.7 Å². The van der Waals surface area contributed by atoms with Crippen molar-refractivity contribution in [1.29, 1.82) is 0 Å². The van der Waals surface area contributed by atoms with Crippen molar-refractivity contribution in [3.63, 3.8) is 0 Å². The van der Waals surface area contributed by atoms with Gasteiger partial charge in [0, 0.05) is 63.1 Å². The average Bonchev–Trinajstić information content (AvgIpc) is 2.86. The van der Waals surface area contributed by atoms with E-state index in [-0.39, 0.29) is 27.8 Å². The Hall–Kier alpha value is -3.17. The lowest BCUT2D eigenvalue weighted by atomic mass is 10.1. The first kappa shape index (κ1) is 25.9. The summed E-state index contributed by atoms with van der Waals surface area (Å²) >= 11 is 0. The number of benzene rings is 2. The number of hydrogen-bond acceptors (Lipinski definition) is 5. The molecule has 2 heterocycles. The van der Waals surface area contributed by atoms with Crippen LogP contribution in [-0.2, 0) is 17.1 Å². The summed E-state index contributed by atoms with van der Waals surface area (Å²) in [5.74, 6) is -0.328. The molecule has 0 unspecified atom stereocenters. The average molecular weight is 511 g/mol. The van der Waals surface area contributed by atoms with E-state index >= 15 is 0 Å². The maximum Gasteiger partial charge on any atom is 0.259 e. The zero-order valence-corrected chi connectivity index (χ0v) is 22.4. The van der Waals surface area contributed by atoms with Gasteiger partial charge in [-0.25, -0.2) is 8.42 Å². The van der Waals surface area contributed by atoms with Crippen LogP contribution in [0.2, 0.25) is 0 Å². The number of pyridine rings is 1. The highest BCUT2D eigenvalue weighted by Crippen LogP contribution is 2.24. The van der Waals surface area contributed by atoms with Crippen LogP contribution in [-0.4, -0.2) is 66.9 Å². The summed E-state index contributed by atoms with van der Waals surface area (Å²) in [5, 5.41) is 0.225. The number of hydrogen-bond donors (Lipinski definition) is 0. The fraction of sp³-hybridized carbons (Fsp3) is 0.407. The Morgan fingerprint density at radius 3 is 2.44 bits per heavy atom. The third kappa shape index (κ3) is 4.65. The van der Waals surface area contributed by atoms with Gasteiger partial charge in [0.2, 0.25) is 15.5 Å². The van der Waals surface area contributed by atoms with Crippen molar-refractivity contribution < 1.29 is 13.2 Å². The van der Waals surface area contributed by atoms with Gasteiger partial charge in [-0.2, -0.15) is 4.31 Å². The van der Waals surface area contributed by atoms with E-state index in [1.807, 2.05) is 6.07 Å². The lowest BCUT2D eigenvalue weighted by molar-refractivity contribution is 0.0724. The SMILES string of the molecule is CCN(CC)S(=O)(=O)c1ccc2c(c1)c(=O)c(C(=O)N1CCN(c3cccc(C)c3)[C@H](C)C1)cn2C. The topological polar surface area (TPSA) is 82.9 Å². The summed E-state index contributed by atoms with van der Waals surface area (Å²) < 4.78 is 29.1. The van der Waals surface area contributed by atoms with E-state index in [1.165, 1.54) is 22.0 Å². The van der Waals surface area contributed by atoms with Crippen LogP contribution >= 0.6 is 0 Å². The number of anilines is 1. The zero-order chi connectivity index (χ0) is 26.2. The number of carbonyl (C=O) groups excluding carboxylic acids is 1. The maximum absolute atomic E-state index is 13.5. The van der Waals surface area contributed by atoms with Gasteiger partial charge in [0.05, 0.1) is 10.4 Å². The van der Waals surface area contributed by atoms with E-state index < -0.39 is 15.5 Å². The molecule has 1 atom stereocenters. The largest absolute Gasteiger partial charge is 0.365 e. The van der Waals surface area contributed by atoms with Gasteiger partial charge < -0.3 is 14.4 Å². The van der Waals surface area contributed by atoms with Crippen LogP contribution in [0.15, 0.2) is 58.4 Å². The molecular weight excluding hydrogens is 476 g/mol. The lowest BCUT2D eigenvalue weighted by Crippen LogP contribution is -2.54. The van der Waals surface area contributed by atoms with E-state index in [2.05, 4.69) is 36.9 Å². The van der Waals surface area contributed by atoms with Crippen molar-refractivity contribution in [2.45, 2.75) is 38.6 Å². The third-order valence-electron chi connectivity index (χ3n) is 6.98. The molecule has 0 aliphatic carbocycles. The second-order valence-electron chi connectivity index (χ2n) is 9.38. The zero-order valence-electron chi connectivity index (χ0n) is 21.6. The second-order valence-corrected chi connectivity index (χ2v) is 11.3. The lowest BCUT2D eigenvalue weighted by Gasteiger charge is -2.41. The molecule has 0 spiro atoms.